The molecule has 0 aliphatic carbocycles. The zero-order valence-electron chi connectivity index (χ0n) is 16.5. The van der Waals surface area contributed by atoms with Gasteiger partial charge in [-0.25, -0.2) is 4.39 Å². The van der Waals surface area contributed by atoms with E-state index in [2.05, 4.69) is 4.90 Å². The van der Waals surface area contributed by atoms with Crippen molar-refractivity contribution >= 4 is 17.4 Å². The van der Waals surface area contributed by atoms with E-state index in [9.17, 15) is 19.1 Å². The number of carbonyl (C=O) groups is 2. The van der Waals surface area contributed by atoms with E-state index in [0.717, 1.165) is 13.1 Å². The highest BCUT2D eigenvalue weighted by Crippen LogP contribution is 2.39. The Bertz CT molecular complexity index is 953. The number of aliphatic hydroxyl groups excluding tert-OH is 1. The summed E-state index contributed by atoms with van der Waals surface area (Å²) in [6, 6.07) is 13.6. The van der Waals surface area contributed by atoms with Crippen molar-refractivity contribution < 1.29 is 23.8 Å². The molecule has 2 heterocycles. The predicted molar refractivity (Wildman–Crippen MR) is 109 cm³/mol. The lowest BCUT2D eigenvalue weighted by Crippen LogP contribution is -2.42. The van der Waals surface area contributed by atoms with Gasteiger partial charge < -0.3 is 14.7 Å². The highest BCUT2D eigenvalue weighted by atomic mass is 19.1. The molecule has 2 aliphatic heterocycles. The molecule has 4 rings (SSSR count). The van der Waals surface area contributed by atoms with Crippen molar-refractivity contribution in [2.45, 2.75) is 6.04 Å². The Kier molecular flexibility index (Phi) is 5.92. The quantitative estimate of drug-likeness (QED) is 0.466. The molecule has 2 aromatic rings. The molecule has 0 radical (unpaired) electrons. The highest BCUT2D eigenvalue weighted by molar-refractivity contribution is 6.46. The van der Waals surface area contributed by atoms with Crippen LogP contribution in [0.15, 0.2) is 60.2 Å². The van der Waals surface area contributed by atoms with Gasteiger partial charge in [0.2, 0.25) is 0 Å². The molecule has 1 amide bonds. The first-order valence-electron chi connectivity index (χ1n) is 9.95. The van der Waals surface area contributed by atoms with Crippen LogP contribution in [-0.4, -0.2) is 66.0 Å². The summed E-state index contributed by atoms with van der Waals surface area (Å²) in [4.78, 5) is 29.4. The molecule has 7 heteroatoms. The Morgan fingerprint density at radius 1 is 1.00 bits per heavy atom. The molecule has 6 nitrogen and oxygen atoms in total. The number of Topliss-reactive ketones (excluding diaryl/α,β-unsaturated/α-hetero) is 1. The molecule has 30 heavy (non-hydrogen) atoms. The fourth-order valence-corrected chi connectivity index (χ4v) is 3.93. The van der Waals surface area contributed by atoms with Gasteiger partial charge in [0.25, 0.3) is 11.7 Å². The van der Waals surface area contributed by atoms with Crippen LogP contribution < -0.4 is 0 Å². The van der Waals surface area contributed by atoms with E-state index < -0.39 is 23.5 Å². The fraction of sp³-hybridized carbons (Fsp3) is 0.304. The van der Waals surface area contributed by atoms with Crippen LogP contribution in [0.4, 0.5) is 4.39 Å². The van der Waals surface area contributed by atoms with Gasteiger partial charge in [-0.1, -0.05) is 42.5 Å². The van der Waals surface area contributed by atoms with E-state index in [-0.39, 0.29) is 11.3 Å². The number of rotatable bonds is 5. The van der Waals surface area contributed by atoms with Crippen LogP contribution in [-0.2, 0) is 14.3 Å². The van der Waals surface area contributed by atoms with Gasteiger partial charge in [-0.3, -0.25) is 14.5 Å². The third kappa shape index (κ3) is 3.99. The number of carbonyl (C=O) groups excluding carboxylic acids is 2. The van der Waals surface area contributed by atoms with E-state index >= 15 is 0 Å². The fourth-order valence-electron chi connectivity index (χ4n) is 3.93. The van der Waals surface area contributed by atoms with Crippen molar-refractivity contribution in [1.82, 2.24) is 9.80 Å². The Balaban J connectivity index is 1.72. The standard InChI is InChI=1S/C23H23FN2O4/c24-18-8-6-16(7-9-18)20-19(21(27)17-4-2-1-3-5-17)22(28)23(29)26(20)11-10-25-12-14-30-15-13-25/h1-9,20,27H,10-15H2/b21-19+/t20-/m0/s1. The SMILES string of the molecule is O=C1C(=O)N(CCN2CCOCC2)[C@@H](c2ccc(F)cc2)/C1=C(\O)c1ccccc1. The average Bonchev–Trinajstić information content (AvgIpc) is 3.04. The summed E-state index contributed by atoms with van der Waals surface area (Å²) in [5.41, 5.74) is 1.06. The van der Waals surface area contributed by atoms with Gasteiger partial charge in [0.05, 0.1) is 24.8 Å². The molecule has 0 bridgehead atoms. The van der Waals surface area contributed by atoms with Gasteiger partial charge in [-0.2, -0.15) is 0 Å². The summed E-state index contributed by atoms with van der Waals surface area (Å²) in [7, 11) is 0. The molecular weight excluding hydrogens is 387 g/mol. The van der Waals surface area contributed by atoms with Gasteiger partial charge in [-0.05, 0) is 17.7 Å². The molecule has 0 saturated carbocycles. The third-order valence-corrected chi connectivity index (χ3v) is 5.53. The zero-order chi connectivity index (χ0) is 21.1. The van der Waals surface area contributed by atoms with Crippen molar-refractivity contribution in [1.29, 1.82) is 0 Å². The summed E-state index contributed by atoms with van der Waals surface area (Å²) in [6.45, 7) is 3.68. The number of ether oxygens (including phenoxy) is 1. The van der Waals surface area contributed by atoms with E-state index in [4.69, 9.17) is 4.74 Å². The summed E-state index contributed by atoms with van der Waals surface area (Å²) >= 11 is 0. The summed E-state index contributed by atoms with van der Waals surface area (Å²) in [5, 5.41) is 10.9. The highest BCUT2D eigenvalue weighted by Gasteiger charge is 2.46. The second-order valence-corrected chi connectivity index (χ2v) is 7.36. The molecule has 0 unspecified atom stereocenters. The number of aliphatic hydroxyl groups is 1. The van der Waals surface area contributed by atoms with Gasteiger partial charge in [-0.15, -0.1) is 0 Å². The van der Waals surface area contributed by atoms with Crippen molar-refractivity contribution in [3.05, 3.63) is 77.1 Å². The van der Waals surface area contributed by atoms with Crippen LogP contribution >= 0.6 is 0 Å². The zero-order valence-corrected chi connectivity index (χ0v) is 16.5. The first-order chi connectivity index (χ1) is 14.6. The second-order valence-electron chi connectivity index (χ2n) is 7.36. The Hall–Kier alpha value is -3.03. The number of halogens is 1. The number of ketones is 1. The van der Waals surface area contributed by atoms with Gasteiger partial charge >= 0.3 is 0 Å². The van der Waals surface area contributed by atoms with Crippen molar-refractivity contribution in [2.75, 3.05) is 39.4 Å². The minimum absolute atomic E-state index is 0.0276. The average molecular weight is 410 g/mol. The third-order valence-electron chi connectivity index (χ3n) is 5.53. The van der Waals surface area contributed by atoms with Gasteiger partial charge in [0, 0.05) is 31.7 Å². The summed E-state index contributed by atoms with van der Waals surface area (Å²) in [6.07, 6.45) is 0. The number of benzene rings is 2. The molecule has 0 spiro atoms. The monoisotopic (exact) mass is 410 g/mol. The first-order valence-corrected chi connectivity index (χ1v) is 9.95. The Labute approximate surface area is 174 Å². The molecule has 2 aromatic carbocycles. The summed E-state index contributed by atoms with van der Waals surface area (Å²) in [5.74, 6) is -2.02. The topological polar surface area (TPSA) is 70.1 Å². The molecule has 156 valence electrons. The lowest BCUT2D eigenvalue weighted by atomic mass is 9.95. The Morgan fingerprint density at radius 3 is 2.33 bits per heavy atom. The van der Waals surface area contributed by atoms with Crippen LogP contribution in [0.25, 0.3) is 5.76 Å². The lowest BCUT2D eigenvalue weighted by Gasteiger charge is -2.31. The number of amides is 1. The summed E-state index contributed by atoms with van der Waals surface area (Å²) < 4.78 is 18.9. The lowest BCUT2D eigenvalue weighted by molar-refractivity contribution is -0.140. The molecule has 2 fully saturated rings. The number of nitrogens with zero attached hydrogens (tertiary/aromatic N) is 2. The van der Waals surface area contributed by atoms with Crippen LogP contribution in [0.5, 0.6) is 0 Å². The molecule has 2 aliphatic rings. The maximum atomic E-state index is 13.5. The van der Waals surface area contributed by atoms with Crippen molar-refractivity contribution in [3.8, 4) is 0 Å². The normalized spacial score (nSPS) is 21.9. The van der Waals surface area contributed by atoms with Gasteiger partial charge in [0.1, 0.15) is 11.6 Å². The maximum absolute atomic E-state index is 13.5. The minimum atomic E-state index is -0.771. The smallest absolute Gasteiger partial charge is 0.295 e. The van der Waals surface area contributed by atoms with Crippen LogP contribution in [0.1, 0.15) is 17.2 Å². The van der Waals surface area contributed by atoms with Crippen LogP contribution in [0.3, 0.4) is 0 Å². The number of likely N-dealkylation sites (tertiary alicyclic amines) is 1. The van der Waals surface area contributed by atoms with Crippen LogP contribution in [0, 0.1) is 5.82 Å². The molecular formula is C23H23FN2O4. The van der Waals surface area contributed by atoms with Crippen LogP contribution in [0.2, 0.25) is 0 Å². The second kappa shape index (κ2) is 8.77. The van der Waals surface area contributed by atoms with Gasteiger partial charge in [0.15, 0.2) is 0 Å². The largest absolute Gasteiger partial charge is 0.507 e. The maximum Gasteiger partial charge on any atom is 0.295 e. The molecule has 1 atom stereocenters. The molecule has 0 aromatic heterocycles. The first kappa shape index (κ1) is 20.3. The Morgan fingerprint density at radius 2 is 1.67 bits per heavy atom. The van der Waals surface area contributed by atoms with Crippen molar-refractivity contribution in [2.24, 2.45) is 0 Å². The molecule has 2 saturated heterocycles. The van der Waals surface area contributed by atoms with E-state index in [1.54, 1.807) is 42.5 Å². The van der Waals surface area contributed by atoms with E-state index in [1.807, 2.05) is 0 Å². The number of hydrogen-bond donors (Lipinski definition) is 1. The van der Waals surface area contributed by atoms with E-state index in [1.165, 1.54) is 17.0 Å². The molecule has 1 N–H and O–H groups in total. The predicted octanol–water partition coefficient (Wildman–Crippen LogP) is 2.58. The number of hydrogen-bond acceptors (Lipinski definition) is 5. The van der Waals surface area contributed by atoms with Crippen molar-refractivity contribution in [3.63, 3.8) is 0 Å². The van der Waals surface area contributed by atoms with E-state index in [0.29, 0.717) is 37.4 Å². The minimum Gasteiger partial charge on any atom is -0.507 e. The number of morpholine rings is 1.